The Hall–Kier alpha value is -1.67. The average molecular weight is 264 g/mol. The fraction of sp³-hybridized carbons (Fsp3) is 0.400. The van der Waals surface area contributed by atoms with Crippen LogP contribution >= 0.6 is 0 Å². The summed E-state index contributed by atoms with van der Waals surface area (Å²) in [6, 6.07) is 0.790. The van der Waals surface area contributed by atoms with Crippen molar-refractivity contribution in [3.8, 4) is 0 Å². The molecule has 0 aliphatic carbocycles. The minimum atomic E-state index is -4.56. The smallest absolute Gasteiger partial charge is 0.394 e. The van der Waals surface area contributed by atoms with E-state index in [1.807, 2.05) is 0 Å². The number of nitrogens with one attached hydrogen (secondary N) is 1. The summed E-state index contributed by atoms with van der Waals surface area (Å²) in [5, 5.41) is 19.7. The molecule has 0 spiro atoms. The molecule has 1 amide bonds. The second-order valence-electron chi connectivity index (χ2n) is 3.47. The van der Waals surface area contributed by atoms with Crippen LogP contribution in [0.4, 0.5) is 13.2 Å². The molecule has 5 nitrogen and oxygen atoms in total. The summed E-state index contributed by atoms with van der Waals surface area (Å²) in [6.07, 6.45) is -3.78. The number of aromatic nitrogens is 1. The predicted octanol–water partition coefficient (Wildman–Crippen LogP) is 0.183. The Labute approximate surface area is 100 Å². The molecule has 0 aromatic carbocycles. The number of alkyl halides is 3. The van der Waals surface area contributed by atoms with Gasteiger partial charge in [0.05, 0.1) is 24.8 Å². The molecule has 1 heterocycles. The lowest BCUT2D eigenvalue weighted by Gasteiger charge is -2.13. The van der Waals surface area contributed by atoms with Crippen LogP contribution in [0, 0.1) is 0 Å². The molecule has 3 N–H and O–H groups in total. The first-order chi connectivity index (χ1) is 8.38. The predicted molar refractivity (Wildman–Crippen MR) is 54.7 cm³/mol. The molecule has 0 saturated heterocycles. The standard InChI is InChI=1S/C10H11F3N2O3/c11-10(12,13)8-2-1-6(3-14-8)9(18)15-7(4-16)5-17/h1-3,7,16-17H,4-5H2,(H,15,18). The van der Waals surface area contributed by atoms with E-state index < -0.39 is 37.0 Å². The normalized spacial score (nSPS) is 11.7. The molecule has 1 aromatic rings. The van der Waals surface area contributed by atoms with Crippen LogP contribution in [0.15, 0.2) is 18.3 Å². The lowest BCUT2D eigenvalue weighted by molar-refractivity contribution is -0.141. The molecule has 18 heavy (non-hydrogen) atoms. The summed E-state index contributed by atoms with van der Waals surface area (Å²) in [5.74, 6) is -0.718. The second kappa shape index (κ2) is 5.78. The fourth-order valence-corrected chi connectivity index (χ4v) is 1.11. The number of rotatable bonds is 4. The van der Waals surface area contributed by atoms with Crippen molar-refractivity contribution in [1.29, 1.82) is 0 Å². The first-order valence-electron chi connectivity index (χ1n) is 4.94. The highest BCUT2D eigenvalue weighted by Crippen LogP contribution is 2.27. The van der Waals surface area contributed by atoms with Gasteiger partial charge in [0.2, 0.25) is 0 Å². The highest BCUT2D eigenvalue weighted by atomic mass is 19.4. The Morgan fingerprint density at radius 2 is 1.94 bits per heavy atom. The van der Waals surface area contributed by atoms with Crippen molar-refractivity contribution in [3.63, 3.8) is 0 Å². The topological polar surface area (TPSA) is 82.5 Å². The number of aliphatic hydroxyl groups is 2. The van der Waals surface area contributed by atoms with Crippen molar-refractivity contribution in [2.75, 3.05) is 13.2 Å². The Balaban J connectivity index is 2.76. The summed E-state index contributed by atoms with van der Waals surface area (Å²) in [7, 11) is 0. The molecule has 0 unspecified atom stereocenters. The Morgan fingerprint density at radius 3 is 2.33 bits per heavy atom. The molecule has 1 aromatic heterocycles. The molecule has 1 rings (SSSR count). The summed E-state index contributed by atoms with van der Waals surface area (Å²) >= 11 is 0. The van der Waals surface area contributed by atoms with Gasteiger partial charge >= 0.3 is 6.18 Å². The van der Waals surface area contributed by atoms with Gasteiger partial charge in [0.25, 0.3) is 5.91 Å². The molecular weight excluding hydrogens is 253 g/mol. The maximum absolute atomic E-state index is 12.2. The monoisotopic (exact) mass is 264 g/mol. The largest absolute Gasteiger partial charge is 0.433 e. The number of amides is 1. The second-order valence-corrected chi connectivity index (χ2v) is 3.47. The molecule has 0 fully saturated rings. The van der Waals surface area contributed by atoms with Gasteiger partial charge in [-0.05, 0) is 12.1 Å². The van der Waals surface area contributed by atoms with Crippen LogP contribution in [0.3, 0.4) is 0 Å². The Morgan fingerprint density at radius 1 is 1.33 bits per heavy atom. The van der Waals surface area contributed by atoms with E-state index in [4.69, 9.17) is 10.2 Å². The van der Waals surface area contributed by atoms with Crippen LogP contribution in [0.5, 0.6) is 0 Å². The summed E-state index contributed by atoms with van der Waals surface area (Å²) in [5.41, 5.74) is -1.19. The highest BCUT2D eigenvalue weighted by Gasteiger charge is 2.32. The van der Waals surface area contributed by atoms with Gasteiger partial charge in [-0.25, -0.2) is 0 Å². The van der Waals surface area contributed by atoms with Crippen molar-refractivity contribution in [2.45, 2.75) is 12.2 Å². The molecule has 0 saturated carbocycles. The van der Waals surface area contributed by atoms with E-state index in [1.54, 1.807) is 0 Å². The molecule has 0 radical (unpaired) electrons. The van der Waals surface area contributed by atoms with Gasteiger partial charge in [-0.1, -0.05) is 0 Å². The van der Waals surface area contributed by atoms with Gasteiger partial charge in [-0.2, -0.15) is 13.2 Å². The quantitative estimate of drug-likeness (QED) is 0.724. The SMILES string of the molecule is O=C(NC(CO)CO)c1ccc(C(F)(F)F)nc1. The van der Waals surface area contributed by atoms with Gasteiger partial charge < -0.3 is 15.5 Å². The van der Waals surface area contributed by atoms with E-state index in [0.717, 1.165) is 12.3 Å². The molecule has 100 valence electrons. The van der Waals surface area contributed by atoms with Crippen LogP contribution in [0.25, 0.3) is 0 Å². The molecule has 0 bridgehead atoms. The number of hydrogen-bond acceptors (Lipinski definition) is 4. The van der Waals surface area contributed by atoms with Crippen molar-refractivity contribution in [1.82, 2.24) is 10.3 Å². The van der Waals surface area contributed by atoms with Crippen LogP contribution in [0.2, 0.25) is 0 Å². The molecule has 0 atom stereocenters. The zero-order valence-electron chi connectivity index (χ0n) is 9.11. The van der Waals surface area contributed by atoms with Crippen molar-refractivity contribution >= 4 is 5.91 Å². The van der Waals surface area contributed by atoms with Crippen LogP contribution < -0.4 is 5.32 Å². The summed E-state index contributed by atoms with van der Waals surface area (Å²) in [6.45, 7) is -0.952. The zero-order valence-corrected chi connectivity index (χ0v) is 9.11. The third kappa shape index (κ3) is 3.67. The lowest BCUT2D eigenvalue weighted by Crippen LogP contribution is -2.40. The van der Waals surface area contributed by atoms with Crippen molar-refractivity contribution in [2.24, 2.45) is 0 Å². The first-order valence-corrected chi connectivity index (χ1v) is 4.94. The maximum atomic E-state index is 12.2. The zero-order chi connectivity index (χ0) is 13.8. The van der Waals surface area contributed by atoms with Gasteiger partial charge in [0.1, 0.15) is 5.69 Å². The molecule has 0 aliphatic heterocycles. The average Bonchev–Trinajstić information content (AvgIpc) is 2.34. The van der Waals surface area contributed by atoms with Crippen LogP contribution in [-0.4, -0.2) is 40.4 Å². The van der Waals surface area contributed by atoms with E-state index in [1.165, 1.54) is 0 Å². The number of halogens is 3. The third-order valence-electron chi connectivity index (χ3n) is 2.09. The van der Waals surface area contributed by atoms with E-state index >= 15 is 0 Å². The van der Waals surface area contributed by atoms with Gasteiger partial charge in [-0.15, -0.1) is 0 Å². The number of pyridine rings is 1. The molecule has 8 heteroatoms. The summed E-state index contributed by atoms with van der Waals surface area (Å²) in [4.78, 5) is 14.6. The van der Waals surface area contributed by atoms with Gasteiger partial charge in [0, 0.05) is 6.20 Å². The maximum Gasteiger partial charge on any atom is 0.433 e. The van der Waals surface area contributed by atoms with Gasteiger partial charge in [0.15, 0.2) is 0 Å². The number of carbonyl (C=O) groups is 1. The number of hydrogen-bond donors (Lipinski definition) is 3. The molecule has 0 aliphatic rings. The lowest BCUT2D eigenvalue weighted by atomic mass is 10.2. The van der Waals surface area contributed by atoms with Crippen molar-refractivity contribution < 1.29 is 28.2 Å². The van der Waals surface area contributed by atoms with E-state index in [0.29, 0.717) is 6.07 Å². The van der Waals surface area contributed by atoms with Crippen molar-refractivity contribution in [3.05, 3.63) is 29.6 Å². The van der Waals surface area contributed by atoms with E-state index in [9.17, 15) is 18.0 Å². The Bertz CT molecular complexity index is 402. The summed E-state index contributed by atoms with van der Waals surface area (Å²) < 4.78 is 36.6. The molecular formula is C10H11F3N2O3. The van der Waals surface area contributed by atoms with E-state index in [-0.39, 0.29) is 5.56 Å². The Kier molecular flexibility index (Phi) is 4.62. The van der Waals surface area contributed by atoms with E-state index in [2.05, 4.69) is 10.3 Å². The highest BCUT2D eigenvalue weighted by molar-refractivity contribution is 5.94. The fourth-order valence-electron chi connectivity index (χ4n) is 1.11. The third-order valence-corrected chi connectivity index (χ3v) is 2.09. The minimum absolute atomic E-state index is 0.0881. The minimum Gasteiger partial charge on any atom is -0.394 e. The first kappa shape index (κ1) is 14.4. The number of nitrogens with zero attached hydrogens (tertiary/aromatic N) is 1. The van der Waals surface area contributed by atoms with Crippen LogP contribution in [-0.2, 0) is 6.18 Å². The number of aliphatic hydroxyl groups excluding tert-OH is 2. The number of carbonyl (C=O) groups excluding carboxylic acids is 1. The van der Waals surface area contributed by atoms with Crippen LogP contribution in [0.1, 0.15) is 16.1 Å². The van der Waals surface area contributed by atoms with Gasteiger partial charge in [-0.3, -0.25) is 9.78 Å².